The van der Waals surface area contributed by atoms with Crippen LogP contribution in [0, 0.1) is 0 Å². The molecule has 0 aromatic rings. The van der Waals surface area contributed by atoms with Crippen molar-refractivity contribution in [3.05, 3.63) is 0 Å². The van der Waals surface area contributed by atoms with Crippen molar-refractivity contribution in [1.29, 1.82) is 0 Å². The summed E-state index contributed by atoms with van der Waals surface area (Å²) in [4.78, 5) is 0. The molecule has 0 radical (unpaired) electrons. The first kappa shape index (κ1) is 7.71. The van der Waals surface area contributed by atoms with Gasteiger partial charge in [-0.15, -0.1) is 0 Å². The Morgan fingerprint density at radius 3 is 2.44 bits per heavy atom. The summed E-state index contributed by atoms with van der Waals surface area (Å²) in [5.41, 5.74) is 0. The van der Waals surface area contributed by atoms with Crippen LogP contribution in [0.1, 0.15) is 12.8 Å². The Hall–Kier alpha value is 0.610. The highest BCUT2D eigenvalue weighted by atomic mass is 127. The number of hydrogen-bond donors (Lipinski definition) is 0. The Labute approximate surface area is 68.3 Å². The Morgan fingerprint density at radius 2 is 2.11 bits per heavy atom. The van der Waals surface area contributed by atoms with Gasteiger partial charge in [0.2, 0.25) is 0 Å². The predicted molar refractivity (Wildman–Crippen MR) is 40.0 cm³/mol. The zero-order valence-corrected chi connectivity index (χ0v) is 7.33. The number of ether oxygens (including phenoxy) is 2. The van der Waals surface area contributed by atoms with Gasteiger partial charge in [0.25, 0.3) is 0 Å². The average molecular weight is 244 g/mol. The zero-order valence-electron chi connectivity index (χ0n) is 5.17. The molecule has 1 aliphatic heterocycles. The first-order chi connectivity index (χ1) is 4.36. The SMILES string of the molecule is COC1CCC(OI)O1. The lowest BCUT2D eigenvalue weighted by Crippen LogP contribution is -2.11. The summed E-state index contributed by atoms with van der Waals surface area (Å²) in [7, 11) is 1.64. The van der Waals surface area contributed by atoms with Crippen molar-refractivity contribution < 1.29 is 12.5 Å². The van der Waals surface area contributed by atoms with Crippen LogP contribution in [0.2, 0.25) is 0 Å². The largest absolute Gasteiger partial charge is 0.356 e. The smallest absolute Gasteiger partial charge is 0.172 e. The molecule has 54 valence electrons. The van der Waals surface area contributed by atoms with Gasteiger partial charge in [0.15, 0.2) is 12.6 Å². The molecule has 1 saturated heterocycles. The van der Waals surface area contributed by atoms with E-state index in [0.717, 1.165) is 12.8 Å². The van der Waals surface area contributed by atoms with E-state index < -0.39 is 0 Å². The molecule has 0 bridgehead atoms. The van der Waals surface area contributed by atoms with Gasteiger partial charge in [-0.3, -0.25) is 3.07 Å². The second-order valence-corrected chi connectivity index (χ2v) is 2.41. The van der Waals surface area contributed by atoms with Crippen molar-refractivity contribution in [3.8, 4) is 0 Å². The lowest BCUT2D eigenvalue weighted by Gasteiger charge is -2.08. The molecule has 2 atom stereocenters. The van der Waals surface area contributed by atoms with Crippen LogP contribution in [-0.2, 0) is 12.5 Å². The maximum Gasteiger partial charge on any atom is 0.172 e. The molecule has 2 unspecified atom stereocenters. The molecule has 1 aliphatic rings. The third kappa shape index (κ3) is 2.03. The fourth-order valence-corrected chi connectivity index (χ4v) is 1.19. The van der Waals surface area contributed by atoms with Crippen LogP contribution in [0.5, 0.6) is 0 Å². The minimum atomic E-state index is -0.0597. The molecular weight excluding hydrogens is 235 g/mol. The molecule has 0 aliphatic carbocycles. The van der Waals surface area contributed by atoms with Gasteiger partial charge in [-0.1, -0.05) is 0 Å². The van der Waals surface area contributed by atoms with Crippen LogP contribution in [0.25, 0.3) is 0 Å². The van der Waals surface area contributed by atoms with Gasteiger partial charge in [0, 0.05) is 20.0 Å². The van der Waals surface area contributed by atoms with E-state index in [-0.39, 0.29) is 12.6 Å². The maximum absolute atomic E-state index is 5.21. The van der Waals surface area contributed by atoms with Crippen LogP contribution in [0.3, 0.4) is 0 Å². The van der Waals surface area contributed by atoms with Crippen molar-refractivity contribution >= 4 is 23.0 Å². The maximum atomic E-state index is 5.21. The van der Waals surface area contributed by atoms with Gasteiger partial charge in [0.05, 0.1) is 0 Å². The Balaban J connectivity index is 2.20. The number of methoxy groups -OCH3 is 1. The van der Waals surface area contributed by atoms with Crippen LogP contribution >= 0.6 is 23.0 Å². The third-order valence-corrected chi connectivity index (χ3v) is 1.87. The monoisotopic (exact) mass is 244 g/mol. The highest BCUT2D eigenvalue weighted by Crippen LogP contribution is 2.21. The van der Waals surface area contributed by atoms with Crippen LogP contribution < -0.4 is 0 Å². The minimum Gasteiger partial charge on any atom is -0.356 e. The second-order valence-electron chi connectivity index (χ2n) is 1.90. The summed E-state index contributed by atoms with van der Waals surface area (Å²) in [5.74, 6) is 0. The van der Waals surface area contributed by atoms with E-state index in [4.69, 9.17) is 12.5 Å². The molecule has 4 heteroatoms. The van der Waals surface area contributed by atoms with Gasteiger partial charge in [-0.2, -0.15) is 0 Å². The summed E-state index contributed by atoms with van der Waals surface area (Å²) in [6.45, 7) is 0. The topological polar surface area (TPSA) is 27.7 Å². The molecule has 9 heavy (non-hydrogen) atoms. The highest BCUT2D eigenvalue weighted by molar-refractivity contribution is 14.1. The molecule has 0 saturated carbocycles. The standard InChI is InChI=1S/C5H9IO3/c1-7-4-2-3-5(8-4)9-6/h4-5H,2-3H2,1H3. The molecule has 0 spiro atoms. The molecule has 1 fully saturated rings. The lowest BCUT2D eigenvalue weighted by molar-refractivity contribution is -0.153. The molecule has 0 aromatic heterocycles. The lowest BCUT2D eigenvalue weighted by atomic mass is 10.3. The van der Waals surface area contributed by atoms with Gasteiger partial charge < -0.3 is 9.47 Å². The van der Waals surface area contributed by atoms with E-state index in [1.165, 1.54) is 0 Å². The Kier molecular flexibility index (Phi) is 3.17. The van der Waals surface area contributed by atoms with E-state index in [1.54, 1.807) is 7.11 Å². The molecule has 1 rings (SSSR count). The number of hydrogen-bond acceptors (Lipinski definition) is 3. The van der Waals surface area contributed by atoms with Crippen molar-refractivity contribution in [2.45, 2.75) is 25.4 Å². The van der Waals surface area contributed by atoms with Crippen molar-refractivity contribution in [2.24, 2.45) is 0 Å². The predicted octanol–water partition coefficient (Wildman–Crippen LogP) is 1.46. The fourth-order valence-electron chi connectivity index (χ4n) is 0.816. The quantitative estimate of drug-likeness (QED) is 0.688. The molecular formula is C5H9IO3. The molecule has 0 N–H and O–H groups in total. The van der Waals surface area contributed by atoms with Crippen molar-refractivity contribution in [3.63, 3.8) is 0 Å². The molecule has 0 aromatic carbocycles. The van der Waals surface area contributed by atoms with E-state index in [2.05, 4.69) is 0 Å². The molecule has 0 amide bonds. The third-order valence-electron chi connectivity index (χ3n) is 1.30. The van der Waals surface area contributed by atoms with Crippen LogP contribution in [0.4, 0.5) is 0 Å². The van der Waals surface area contributed by atoms with Gasteiger partial charge in [-0.05, 0) is 0 Å². The summed E-state index contributed by atoms with van der Waals surface area (Å²) in [6.07, 6.45) is 1.76. The Bertz CT molecular complexity index is 78.3. The van der Waals surface area contributed by atoms with E-state index in [1.807, 2.05) is 23.0 Å². The minimum absolute atomic E-state index is 0.0511. The van der Waals surface area contributed by atoms with Crippen molar-refractivity contribution in [1.82, 2.24) is 0 Å². The summed E-state index contributed by atoms with van der Waals surface area (Å²) >= 11 is 1.84. The summed E-state index contributed by atoms with van der Waals surface area (Å²) in [5, 5.41) is 0. The van der Waals surface area contributed by atoms with Crippen LogP contribution in [-0.4, -0.2) is 19.7 Å². The van der Waals surface area contributed by atoms with E-state index in [9.17, 15) is 0 Å². The zero-order chi connectivity index (χ0) is 6.69. The normalized spacial score (nSPS) is 35.3. The van der Waals surface area contributed by atoms with Gasteiger partial charge in [0.1, 0.15) is 23.0 Å². The fraction of sp³-hybridized carbons (Fsp3) is 1.00. The first-order valence-electron chi connectivity index (χ1n) is 2.82. The van der Waals surface area contributed by atoms with Gasteiger partial charge >= 0.3 is 0 Å². The van der Waals surface area contributed by atoms with E-state index in [0.29, 0.717) is 0 Å². The number of rotatable bonds is 2. The molecule has 3 nitrogen and oxygen atoms in total. The first-order valence-corrected chi connectivity index (χ1v) is 3.70. The number of halogens is 1. The average Bonchev–Trinajstić information content (AvgIpc) is 2.34. The van der Waals surface area contributed by atoms with E-state index >= 15 is 0 Å². The molecule has 1 heterocycles. The highest BCUT2D eigenvalue weighted by Gasteiger charge is 2.24. The Morgan fingerprint density at radius 1 is 1.44 bits per heavy atom. The van der Waals surface area contributed by atoms with Gasteiger partial charge in [-0.25, -0.2) is 0 Å². The summed E-state index contributed by atoms with van der Waals surface area (Å²) < 4.78 is 15.1. The summed E-state index contributed by atoms with van der Waals surface area (Å²) in [6, 6.07) is 0. The van der Waals surface area contributed by atoms with Crippen LogP contribution in [0.15, 0.2) is 0 Å². The van der Waals surface area contributed by atoms with Crippen molar-refractivity contribution in [2.75, 3.05) is 7.11 Å². The second kappa shape index (κ2) is 3.70.